The highest BCUT2D eigenvalue weighted by Crippen LogP contribution is 2.34. The van der Waals surface area contributed by atoms with Crippen LogP contribution in [0.5, 0.6) is 0 Å². The van der Waals surface area contributed by atoms with Gasteiger partial charge in [0.25, 0.3) is 5.91 Å². The van der Waals surface area contributed by atoms with E-state index in [1.807, 2.05) is 6.92 Å². The van der Waals surface area contributed by atoms with E-state index in [1.54, 1.807) is 0 Å². The molecule has 0 aliphatic heterocycles. The van der Waals surface area contributed by atoms with E-state index >= 15 is 0 Å². The Balaban J connectivity index is 2.25. The SMILES string of the molecule is CC1CCCC1NC(=O)c1ccc(Br)cc1C(F)(F)F. The summed E-state index contributed by atoms with van der Waals surface area (Å²) in [5.41, 5.74) is -1.23. The van der Waals surface area contributed by atoms with E-state index in [4.69, 9.17) is 0 Å². The van der Waals surface area contributed by atoms with Crippen molar-refractivity contribution in [2.45, 2.75) is 38.4 Å². The topological polar surface area (TPSA) is 29.1 Å². The van der Waals surface area contributed by atoms with Gasteiger partial charge in [-0.1, -0.05) is 29.3 Å². The molecule has 1 N–H and O–H groups in total. The summed E-state index contributed by atoms with van der Waals surface area (Å²) in [7, 11) is 0. The number of carbonyl (C=O) groups is 1. The molecule has 0 saturated heterocycles. The molecule has 0 heterocycles. The standard InChI is InChI=1S/C14H15BrF3NO/c1-8-3-2-4-12(8)19-13(20)10-6-5-9(15)7-11(10)14(16,17)18/h5-8,12H,2-4H2,1H3,(H,19,20). The fourth-order valence-corrected chi connectivity index (χ4v) is 2.92. The third kappa shape index (κ3) is 3.34. The predicted octanol–water partition coefficient (Wildman–Crippen LogP) is 4.39. The first-order valence-electron chi connectivity index (χ1n) is 6.46. The van der Waals surface area contributed by atoms with Crippen LogP contribution in [-0.4, -0.2) is 11.9 Å². The first-order valence-corrected chi connectivity index (χ1v) is 7.26. The van der Waals surface area contributed by atoms with Gasteiger partial charge < -0.3 is 5.32 Å². The molecule has 1 aliphatic carbocycles. The molecule has 2 rings (SSSR count). The van der Waals surface area contributed by atoms with E-state index < -0.39 is 17.6 Å². The van der Waals surface area contributed by atoms with Crippen LogP contribution >= 0.6 is 15.9 Å². The van der Waals surface area contributed by atoms with Gasteiger partial charge in [0.2, 0.25) is 0 Å². The smallest absolute Gasteiger partial charge is 0.349 e. The van der Waals surface area contributed by atoms with Crippen LogP contribution < -0.4 is 5.32 Å². The van der Waals surface area contributed by atoms with Gasteiger partial charge in [0.1, 0.15) is 0 Å². The molecule has 1 aromatic carbocycles. The molecule has 0 aromatic heterocycles. The van der Waals surface area contributed by atoms with Crippen molar-refractivity contribution in [3.63, 3.8) is 0 Å². The Hall–Kier alpha value is -1.04. The van der Waals surface area contributed by atoms with Crippen molar-refractivity contribution in [1.29, 1.82) is 0 Å². The second-order valence-corrected chi connectivity index (χ2v) is 6.09. The maximum Gasteiger partial charge on any atom is 0.417 e. The fourth-order valence-electron chi connectivity index (χ4n) is 2.56. The lowest BCUT2D eigenvalue weighted by Crippen LogP contribution is -2.37. The monoisotopic (exact) mass is 349 g/mol. The fraction of sp³-hybridized carbons (Fsp3) is 0.500. The van der Waals surface area contributed by atoms with Crippen LogP contribution in [0, 0.1) is 5.92 Å². The third-order valence-electron chi connectivity index (χ3n) is 3.71. The normalized spacial score (nSPS) is 22.9. The van der Waals surface area contributed by atoms with Crippen molar-refractivity contribution in [2.75, 3.05) is 0 Å². The summed E-state index contributed by atoms with van der Waals surface area (Å²) in [6.07, 6.45) is -1.72. The number of amides is 1. The van der Waals surface area contributed by atoms with Crippen LogP contribution in [0.2, 0.25) is 0 Å². The number of halogens is 4. The lowest BCUT2D eigenvalue weighted by molar-refractivity contribution is -0.138. The summed E-state index contributed by atoms with van der Waals surface area (Å²) in [5, 5.41) is 2.72. The van der Waals surface area contributed by atoms with Crippen molar-refractivity contribution in [1.82, 2.24) is 5.32 Å². The Morgan fingerprint density at radius 3 is 2.60 bits per heavy atom. The highest BCUT2D eigenvalue weighted by atomic mass is 79.9. The number of hydrogen-bond acceptors (Lipinski definition) is 1. The van der Waals surface area contributed by atoms with Crippen LogP contribution in [0.15, 0.2) is 22.7 Å². The molecule has 0 radical (unpaired) electrons. The molecule has 110 valence electrons. The van der Waals surface area contributed by atoms with Gasteiger partial charge in [-0.15, -0.1) is 0 Å². The first kappa shape index (κ1) is 15.4. The van der Waals surface area contributed by atoms with Gasteiger partial charge >= 0.3 is 6.18 Å². The van der Waals surface area contributed by atoms with Gasteiger partial charge in [0.05, 0.1) is 11.1 Å². The number of rotatable bonds is 2. The van der Waals surface area contributed by atoms with Crippen molar-refractivity contribution in [3.05, 3.63) is 33.8 Å². The molecule has 1 aromatic rings. The van der Waals surface area contributed by atoms with Gasteiger partial charge in [0.15, 0.2) is 0 Å². The third-order valence-corrected chi connectivity index (χ3v) is 4.20. The zero-order valence-corrected chi connectivity index (χ0v) is 12.5. The zero-order valence-electron chi connectivity index (χ0n) is 10.9. The minimum Gasteiger partial charge on any atom is -0.349 e. The van der Waals surface area contributed by atoms with E-state index in [1.165, 1.54) is 12.1 Å². The van der Waals surface area contributed by atoms with E-state index in [0.717, 1.165) is 25.3 Å². The molecule has 0 spiro atoms. The quantitative estimate of drug-likeness (QED) is 0.842. The van der Waals surface area contributed by atoms with Gasteiger partial charge in [-0.25, -0.2) is 0 Å². The van der Waals surface area contributed by atoms with Crippen LogP contribution in [0.4, 0.5) is 13.2 Å². The number of carbonyl (C=O) groups excluding carboxylic acids is 1. The number of nitrogens with one attached hydrogen (secondary N) is 1. The molecule has 6 heteroatoms. The second kappa shape index (κ2) is 5.76. The zero-order chi connectivity index (χ0) is 14.9. The van der Waals surface area contributed by atoms with Gasteiger partial charge in [0, 0.05) is 10.5 Å². The summed E-state index contributed by atoms with van der Waals surface area (Å²) in [6, 6.07) is 3.56. The van der Waals surface area contributed by atoms with Crippen molar-refractivity contribution in [2.24, 2.45) is 5.92 Å². The summed E-state index contributed by atoms with van der Waals surface area (Å²) >= 11 is 3.00. The molecule has 2 nitrogen and oxygen atoms in total. The molecular formula is C14H15BrF3NO. The first-order chi connectivity index (χ1) is 9.29. The minimum atomic E-state index is -4.54. The van der Waals surface area contributed by atoms with Gasteiger partial charge in [-0.05, 0) is 37.0 Å². The average molecular weight is 350 g/mol. The van der Waals surface area contributed by atoms with Gasteiger partial charge in [-0.2, -0.15) is 13.2 Å². The molecule has 1 aliphatic rings. The van der Waals surface area contributed by atoms with Crippen molar-refractivity contribution >= 4 is 21.8 Å². The Labute approximate surface area is 123 Å². The highest BCUT2D eigenvalue weighted by Gasteiger charge is 2.36. The lowest BCUT2D eigenvalue weighted by atomic mass is 10.0. The number of hydrogen-bond donors (Lipinski definition) is 1. The molecule has 2 unspecified atom stereocenters. The van der Waals surface area contributed by atoms with E-state index in [9.17, 15) is 18.0 Å². The Kier molecular flexibility index (Phi) is 4.42. The summed E-state index contributed by atoms with van der Waals surface area (Å²) in [5.74, 6) is -0.340. The molecule has 1 amide bonds. The molecule has 20 heavy (non-hydrogen) atoms. The highest BCUT2D eigenvalue weighted by molar-refractivity contribution is 9.10. The average Bonchev–Trinajstić information content (AvgIpc) is 2.73. The molecular weight excluding hydrogens is 335 g/mol. The lowest BCUT2D eigenvalue weighted by Gasteiger charge is -2.19. The summed E-state index contributed by atoms with van der Waals surface area (Å²) in [4.78, 5) is 12.1. The molecule has 1 fully saturated rings. The molecule has 0 bridgehead atoms. The second-order valence-electron chi connectivity index (χ2n) is 5.18. The predicted molar refractivity (Wildman–Crippen MR) is 73.4 cm³/mol. The Bertz CT molecular complexity index is 516. The minimum absolute atomic E-state index is 0.0350. The number of alkyl halides is 3. The maximum atomic E-state index is 13.0. The van der Waals surface area contributed by atoms with Crippen molar-refractivity contribution in [3.8, 4) is 0 Å². The largest absolute Gasteiger partial charge is 0.417 e. The Morgan fingerprint density at radius 1 is 1.35 bits per heavy atom. The number of benzene rings is 1. The maximum absolute atomic E-state index is 13.0. The molecule has 1 saturated carbocycles. The molecule has 2 atom stereocenters. The van der Waals surface area contributed by atoms with E-state index in [-0.39, 0.29) is 11.6 Å². The van der Waals surface area contributed by atoms with E-state index in [0.29, 0.717) is 10.4 Å². The van der Waals surface area contributed by atoms with E-state index in [2.05, 4.69) is 21.2 Å². The van der Waals surface area contributed by atoms with Gasteiger partial charge in [-0.3, -0.25) is 4.79 Å². The summed E-state index contributed by atoms with van der Waals surface area (Å²) in [6.45, 7) is 2.00. The van der Waals surface area contributed by atoms with Crippen LogP contribution in [0.25, 0.3) is 0 Å². The van der Waals surface area contributed by atoms with Crippen LogP contribution in [0.1, 0.15) is 42.1 Å². The van der Waals surface area contributed by atoms with Crippen LogP contribution in [0.3, 0.4) is 0 Å². The van der Waals surface area contributed by atoms with Crippen molar-refractivity contribution < 1.29 is 18.0 Å². The Morgan fingerprint density at radius 2 is 2.05 bits per heavy atom. The summed E-state index contributed by atoms with van der Waals surface area (Å²) < 4.78 is 39.2. The van der Waals surface area contributed by atoms with Crippen LogP contribution in [-0.2, 0) is 6.18 Å².